The quantitative estimate of drug-likeness (QED) is 0.579. The number of aliphatic imine (C=N–C) groups is 1. The number of hydrogen-bond donors (Lipinski definition) is 2. The van der Waals surface area contributed by atoms with E-state index in [9.17, 15) is 13.0 Å². The van der Waals surface area contributed by atoms with Crippen LogP contribution in [0.5, 0.6) is 5.75 Å². The molecule has 0 bridgehead atoms. The van der Waals surface area contributed by atoms with Crippen molar-refractivity contribution in [3.8, 4) is 5.75 Å². The molecule has 0 aromatic heterocycles. The first-order valence-corrected chi connectivity index (χ1v) is 8.91. The molecule has 0 saturated carbocycles. The molecule has 1 unspecified atom stereocenters. The fraction of sp³-hybridized carbons (Fsp3) is 0.562. The Morgan fingerprint density at radius 2 is 1.96 bits per heavy atom. The van der Waals surface area contributed by atoms with Crippen LogP contribution in [0.15, 0.2) is 29.3 Å². The summed E-state index contributed by atoms with van der Waals surface area (Å²) in [4.78, 5) is 4.06. The third-order valence-corrected chi connectivity index (χ3v) is 5.06. The molecule has 136 valence electrons. The second-order valence-corrected chi connectivity index (χ2v) is 8.32. The van der Waals surface area contributed by atoms with Crippen molar-refractivity contribution in [3.63, 3.8) is 0 Å². The van der Waals surface area contributed by atoms with Crippen LogP contribution in [0.25, 0.3) is 0 Å². The van der Waals surface area contributed by atoms with Gasteiger partial charge in [-0.05, 0) is 26.8 Å². The number of rotatable bonds is 7. The van der Waals surface area contributed by atoms with Crippen LogP contribution >= 0.6 is 0 Å². The summed E-state index contributed by atoms with van der Waals surface area (Å²) in [5.74, 6) is 1.13. The molecule has 1 atom stereocenters. The molecule has 0 aliphatic carbocycles. The topological polar surface area (TPSA) is 62.7 Å². The van der Waals surface area contributed by atoms with E-state index in [1.165, 1.54) is 6.07 Å². The zero-order chi connectivity index (χ0) is 18.2. The first-order chi connectivity index (χ1) is 11.2. The highest BCUT2D eigenvalue weighted by molar-refractivity contribution is 7.86. The highest BCUT2D eigenvalue weighted by atomic mass is 32.2. The average molecular weight is 361 g/mol. The van der Waals surface area contributed by atoms with Gasteiger partial charge >= 0.3 is 6.61 Å². The van der Waals surface area contributed by atoms with Crippen LogP contribution in [0, 0.1) is 0 Å². The Bertz CT molecular complexity index is 575. The minimum Gasteiger partial charge on any atom is -0.434 e. The number of nitrogens with zero attached hydrogens (tertiary/aromatic N) is 1. The largest absolute Gasteiger partial charge is 0.434 e. The molecule has 5 nitrogen and oxygen atoms in total. The fourth-order valence-corrected chi connectivity index (χ4v) is 2.73. The number of halogens is 2. The third kappa shape index (κ3) is 7.25. The Morgan fingerprint density at radius 3 is 2.54 bits per heavy atom. The number of alkyl halides is 2. The number of ether oxygens (including phenoxy) is 1. The number of hydrogen-bond acceptors (Lipinski definition) is 3. The van der Waals surface area contributed by atoms with E-state index in [4.69, 9.17) is 0 Å². The second kappa shape index (κ2) is 9.56. The van der Waals surface area contributed by atoms with Gasteiger partial charge in [0.25, 0.3) is 0 Å². The summed E-state index contributed by atoms with van der Waals surface area (Å²) in [6.07, 6.45) is 0. The van der Waals surface area contributed by atoms with Gasteiger partial charge < -0.3 is 15.4 Å². The predicted molar refractivity (Wildman–Crippen MR) is 94.0 cm³/mol. The average Bonchev–Trinajstić information content (AvgIpc) is 2.50. The maximum atomic E-state index is 12.4. The van der Waals surface area contributed by atoms with Crippen molar-refractivity contribution >= 4 is 16.8 Å². The van der Waals surface area contributed by atoms with Crippen molar-refractivity contribution in [2.45, 2.75) is 38.7 Å². The molecule has 1 aromatic carbocycles. The van der Waals surface area contributed by atoms with Crippen LogP contribution in [0.4, 0.5) is 8.78 Å². The zero-order valence-corrected chi connectivity index (χ0v) is 15.3. The summed E-state index contributed by atoms with van der Waals surface area (Å²) < 4.78 is 41.0. The van der Waals surface area contributed by atoms with E-state index in [-0.39, 0.29) is 17.0 Å². The van der Waals surface area contributed by atoms with Crippen LogP contribution in [-0.2, 0) is 17.3 Å². The van der Waals surface area contributed by atoms with Crippen LogP contribution in [0.1, 0.15) is 26.3 Å². The van der Waals surface area contributed by atoms with Crippen LogP contribution < -0.4 is 15.4 Å². The number of benzene rings is 1. The van der Waals surface area contributed by atoms with Crippen LogP contribution in [0.3, 0.4) is 0 Å². The van der Waals surface area contributed by atoms with Gasteiger partial charge in [-0.1, -0.05) is 18.2 Å². The van der Waals surface area contributed by atoms with Gasteiger partial charge in [-0.25, -0.2) is 0 Å². The Morgan fingerprint density at radius 1 is 1.29 bits per heavy atom. The molecule has 2 N–H and O–H groups in total. The summed E-state index contributed by atoms with van der Waals surface area (Å²) in [5, 5.41) is 6.09. The maximum absolute atomic E-state index is 12.4. The van der Waals surface area contributed by atoms with Crippen molar-refractivity contribution in [3.05, 3.63) is 29.8 Å². The van der Waals surface area contributed by atoms with E-state index in [0.29, 0.717) is 23.8 Å². The number of guanidine groups is 1. The number of para-hydroxylation sites is 1. The lowest BCUT2D eigenvalue weighted by atomic mass is 10.2. The molecule has 8 heteroatoms. The normalized spacial score (nSPS) is 13.7. The lowest BCUT2D eigenvalue weighted by molar-refractivity contribution is -0.0504. The van der Waals surface area contributed by atoms with E-state index in [1.54, 1.807) is 25.2 Å². The summed E-state index contributed by atoms with van der Waals surface area (Å²) in [5.41, 5.74) is 0.596. The smallest absolute Gasteiger partial charge is 0.387 e. The van der Waals surface area contributed by atoms with Crippen molar-refractivity contribution in [1.29, 1.82) is 0 Å². The molecule has 0 saturated heterocycles. The molecule has 0 radical (unpaired) electrons. The number of nitrogens with one attached hydrogen (secondary N) is 2. The first-order valence-electron chi connectivity index (χ1n) is 7.59. The van der Waals surface area contributed by atoms with E-state index in [2.05, 4.69) is 20.4 Å². The molecule has 0 aliphatic heterocycles. The van der Waals surface area contributed by atoms with Gasteiger partial charge in [-0.2, -0.15) is 8.78 Å². The molecule has 0 aliphatic rings. The second-order valence-electron chi connectivity index (χ2n) is 6.00. The van der Waals surface area contributed by atoms with Gasteiger partial charge in [0, 0.05) is 47.0 Å². The Labute approximate surface area is 144 Å². The van der Waals surface area contributed by atoms with Crippen molar-refractivity contribution in [1.82, 2.24) is 10.6 Å². The van der Waals surface area contributed by atoms with Crippen molar-refractivity contribution < 1.29 is 17.7 Å². The lowest BCUT2D eigenvalue weighted by Gasteiger charge is -2.18. The minimum absolute atomic E-state index is 0.129. The van der Waals surface area contributed by atoms with Gasteiger partial charge in [0.05, 0.1) is 0 Å². The standard InChI is InChI=1S/C16H25F2N3O2S/c1-16(2,3)24(22)10-9-20-15(19-4)21-11-12-7-5-6-8-13(12)23-14(17)18/h5-8,14H,9-11H2,1-4H3,(H2,19,20,21). The fourth-order valence-electron chi connectivity index (χ4n) is 1.83. The summed E-state index contributed by atoms with van der Waals surface area (Å²) in [6, 6.07) is 6.58. The van der Waals surface area contributed by atoms with Crippen molar-refractivity contribution in [2.24, 2.45) is 4.99 Å². The minimum atomic E-state index is -2.86. The van der Waals surface area contributed by atoms with E-state index in [0.717, 1.165) is 0 Å². The molecule has 24 heavy (non-hydrogen) atoms. The van der Waals surface area contributed by atoms with Crippen LogP contribution in [-0.4, -0.2) is 40.9 Å². The van der Waals surface area contributed by atoms with Gasteiger partial charge in [0.2, 0.25) is 0 Å². The molecule has 1 rings (SSSR count). The highest BCUT2D eigenvalue weighted by Gasteiger charge is 2.18. The third-order valence-electron chi connectivity index (χ3n) is 3.12. The highest BCUT2D eigenvalue weighted by Crippen LogP contribution is 2.19. The van der Waals surface area contributed by atoms with Gasteiger partial charge in [-0.3, -0.25) is 9.20 Å². The molecular formula is C16H25F2N3O2S. The van der Waals surface area contributed by atoms with E-state index in [1.807, 2.05) is 20.8 Å². The van der Waals surface area contributed by atoms with Crippen molar-refractivity contribution in [2.75, 3.05) is 19.3 Å². The SMILES string of the molecule is CN=C(NCCS(=O)C(C)(C)C)NCc1ccccc1OC(F)F. The summed E-state index contributed by atoms with van der Waals surface area (Å²) in [7, 11) is 0.654. The molecule has 0 amide bonds. The van der Waals surface area contributed by atoms with E-state index >= 15 is 0 Å². The monoisotopic (exact) mass is 361 g/mol. The lowest BCUT2D eigenvalue weighted by Crippen LogP contribution is -2.40. The van der Waals surface area contributed by atoms with Gasteiger partial charge in [0.1, 0.15) is 5.75 Å². The Kier molecular flexibility index (Phi) is 8.10. The molecule has 0 fully saturated rings. The summed E-state index contributed by atoms with van der Waals surface area (Å²) in [6.45, 7) is 3.70. The maximum Gasteiger partial charge on any atom is 0.387 e. The molecular weight excluding hydrogens is 336 g/mol. The first kappa shape index (κ1) is 20.3. The van der Waals surface area contributed by atoms with E-state index < -0.39 is 17.4 Å². The molecule has 1 aromatic rings. The molecule has 0 spiro atoms. The molecule has 0 heterocycles. The Hall–Kier alpha value is -1.70. The Balaban J connectivity index is 2.52. The predicted octanol–water partition coefficient (Wildman–Crippen LogP) is 2.50. The van der Waals surface area contributed by atoms with Crippen LogP contribution in [0.2, 0.25) is 0 Å². The van der Waals surface area contributed by atoms with Gasteiger partial charge in [-0.15, -0.1) is 0 Å². The van der Waals surface area contributed by atoms with Gasteiger partial charge in [0.15, 0.2) is 5.96 Å². The zero-order valence-electron chi connectivity index (χ0n) is 14.4. The summed E-state index contributed by atoms with van der Waals surface area (Å²) >= 11 is 0.